The molecule has 2 aromatic carbocycles. The largest absolute Gasteiger partial charge is 0.481 e. The molecule has 0 saturated heterocycles. The van der Waals surface area contributed by atoms with Crippen molar-refractivity contribution in [3.05, 3.63) is 58.7 Å². The molecule has 0 heterocycles. The van der Waals surface area contributed by atoms with Crippen molar-refractivity contribution in [3.63, 3.8) is 0 Å². The first-order chi connectivity index (χ1) is 11.8. The Morgan fingerprint density at radius 3 is 2.08 bits per heavy atom. The highest BCUT2D eigenvalue weighted by atomic mass is 16.5. The van der Waals surface area contributed by atoms with E-state index in [-0.39, 0.29) is 5.91 Å². The Kier molecular flexibility index (Phi) is 5.80. The van der Waals surface area contributed by atoms with Crippen LogP contribution in [0.25, 0.3) is 0 Å². The lowest BCUT2D eigenvalue weighted by Gasteiger charge is -2.17. The Morgan fingerprint density at radius 1 is 1.00 bits per heavy atom. The minimum atomic E-state index is -0.677. The number of benzene rings is 2. The Bertz CT molecular complexity index is 758. The first-order valence-electron chi connectivity index (χ1n) is 8.05. The zero-order valence-electron chi connectivity index (χ0n) is 15.2. The number of aryl methyl sites for hydroxylation is 3. The van der Waals surface area contributed by atoms with Crippen molar-refractivity contribution in [2.75, 3.05) is 12.4 Å². The Balaban J connectivity index is 2.04. The van der Waals surface area contributed by atoms with Gasteiger partial charge in [-0.1, -0.05) is 17.7 Å². The van der Waals surface area contributed by atoms with Crippen molar-refractivity contribution in [1.29, 1.82) is 0 Å². The van der Waals surface area contributed by atoms with Crippen molar-refractivity contribution < 1.29 is 19.1 Å². The molecule has 0 aromatic heterocycles. The summed E-state index contributed by atoms with van der Waals surface area (Å²) in [4.78, 5) is 23.8. The molecule has 0 aliphatic rings. The number of hydrogen-bond acceptors (Lipinski definition) is 4. The minimum absolute atomic E-state index is 0.230. The smallest absolute Gasteiger partial charge is 0.337 e. The third-order valence-electron chi connectivity index (χ3n) is 3.88. The third kappa shape index (κ3) is 4.59. The van der Waals surface area contributed by atoms with E-state index in [4.69, 9.17) is 4.74 Å². The van der Waals surface area contributed by atoms with Gasteiger partial charge in [0, 0.05) is 5.69 Å². The number of carbonyl (C=O) groups excluding carboxylic acids is 2. The number of carbonyl (C=O) groups is 2. The fraction of sp³-hybridized carbons (Fsp3) is 0.300. The van der Waals surface area contributed by atoms with Gasteiger partial charge >= 0.3 is 5.97 Å². The fourth-order valence-electron chi connectivity index (χ4n) is 2.65. The molecule has 0 saturated carbocycles. The molecule has 5 heteroatoms. The number of ether oxygens (including phenoxy) is 2. The first kappa shape index (κ1) is 18.5. The van der Waals surface area contributed by atoms with Gasteiger partial charge in [0.15, 0.2) is 6.10 Å². The maximum atomic E-state index is 12.4. The van der Waals surface area contributed by atoms with Crippen molar-refractivity contribution in [3.8, 4) is 5.75 Å². The Hall–Kier alpha value is -2.82. The molecule has 0 aliphatic heterocycles. The lowest BCUT2D eigenvalue weighted by Crippen LogP contribution is -2.30. The Labute approximate surface area is 148 Å². The molecule has 0 aliphatic carbocycles. The van der Waals surface area contributed by atoms with Crippen LogP contribution in [0.2, 0.25) is 0 Å². The SMILES string of the molecule is COC(=O)c1ccc(O[C@@H](C)C(=O)Nc2c(C)cc(C)cc2C)cc1. The summed E-state index contributed by atoms with van der Waals surface area (Å²) in [7, 11) is 1.33. The van der Waals surface area contributed by atoms with E-state index in [1.54, 1.807) is 31.2 Å². The van der Waals surface area contributed by atoms with Crippen LogP contribution in [0.4, 0.5) is 5.69 Å². The number of anilines is 1. The fourth-order valence-corrected chi connectivity index (χ4v) is 2.65. The van der Waals surface area contributed by atoms with Crippen LogP contribution in [-0.4, -0.2) is 25.1 Å². The average Bonchev–Trinajstić information content (AvgIpc) is 2.57. The molecule has 0 bridgehead atoms. The van der Waals surface area contributed by atoms with Gasteiger partial charge in [0.1, 0.15) is 5.75 Å². The van der Waals surface area contributed by atoms with Crippen LogP contribution in [0.1, 0.15) is 34.0 Å². The van der Waals surface area contributed by atoms with E-state index < -0.39 is 12.1 Å². The van der Waals surface area contributed by atoms with E-state index in [9.17, 15) is 9.59 Å². The van der Waals surface area contributed by atoms with E-state index in [1.165, 1.54) is 7.11 Å². The van der Waals surface area contributed by atoms with Gasteiger partial charge in [-0.15, -0.1) is 0 Å². The number of hydrogen-bond donors (Lipinski definition) is 1. The summed E-state index contributed by atoms with van der Waals surface area (Å²) < 4.78 is 10.3. The van der Waals surface area contributed by atoms with Crippen molar-refractivity contribution >= 4 is 17.6 Å². The van der Waals surface area contributed by atoms with Gasteiger partial charge in [-0.25, -0.2) is 4.79 Å². The maximum absolute atomic E-state index is 12.4. The molecule has 0 radical (unpaired) electrons. The number of esters is 1. The van der Waals surface area contributed by atoms with Crippen LogP contribution in [0.15, 0.2) is 36.4 Å². The molecular weight excluding hydrogens is 318 g/mol. The van der Waals surface area contributed by atoms with Gasteiger partial charge in [0.25, 0.3) is 5.91 Å². The second-order valence-electron chi connectivity index (χ2n) is 6.04. The summed E-state index contributed by atoms with van der Waals surface area (Å²) in [6.07, 6.45) is -0.677. The molecular formula is C20H23NO4. The lowest BCUT2D eigenvalue weighted by atomic mass is 10.0. The predicted molar refractivity (Wildman–Crippen MR) is 97.2 cm³/mol. The quantitative estimate of drug-likeness (QED) is 0.840. The normalized spacial score (nSPS) is 11.6. The summed E-state index contributed by atoms with van der Waals surface area (Å²) in [5.41, 5.74) is 4.42. The zero-order chi connectivity index (χ0) is 18.6. The van der Waals surface area contributed by atoms with E-state index >= 15 is 0 Å². The number of nitrogens with one attached hydrogen (secondary N) is 1. The standard InChI is InChI=1S/C20H23NO4/c1-12-10-13(2)18(14(3)11-12)21-19(22)15(4)25-17-8-6-16(7-9-17)20(23)24-5/h6-11,15H,1-5H3,(H,21,22)/t15-/m0/s1. The highest BCUT2D eigenvalue weighted by molar-refractivity contribution is 5.95. The maximum Gasteiger partial charge on any atom is 0.337 e. The van der Waals surface area contributed by atoms with Crippen LogP contribution in [0.3, 0.4) is 0 Å². The second kappa shape index (κ2) is 7.83. The monoisotopic (exact) mass is 341 g/mol. The van der Waals surface area contributed by atoms with Crippen molar-refractivity contribution in [1.82, 2.24) is 0 Å². The third-order valence-corrected chi connectivity index (χ3v) is 3.88. The van der Waals surface area contributed by atoms with E-state index in [1.807, 2.05) is 32.9 Å². The van der Waals surface area contributed by atoms with Gasteiger partial charge in [-0.3, -0.25) is 4.79 Å². The van der Waals surface area contributed by atoms with Gasteiger partial charge in [-0.2, -0.15) is 0 Å². The summed E-state index contributed by atoms with van der Waals surface area (Å²) in [5.74, 6) is -0.137. The lowest BCUT2D eigenvalue weighted by molar-refractivity contribution is -0.122. The van der Waals surface area contributed by atoms with E-state index in [2.05, 4.69) is 10.1 Å². The summed E-state index contributed by atoms with van der Waals surface area (Å²) in [5, 5.41) is 2.93. The predicted octanol–water partition coefficient (Wildman–Crippen LogP) is 3.80. The van der Waals surface area contributed by atoms with Crippen LogP contribution in [0.5, 0.6) is 5.75 Å². The highest BCUT2D eigenvalue weighted by Gasteiger charge is 2.17. The molecule has 0 unspecified atom stereocenters. The van der Waals surface area contributed by atoms with Crippen LogP contribution in [-0.2, 0) is 9.53 Å². The van der Waals surface area contributed by atoms with Crippen molar-refractivity contribution in [2.24, 2.45) is 0 Å². The zero-order valence-corrected chi connectivity index (χ0v) is 15.2. The van der Waals surface area contributed by atoms with Crippen molar-refractivity contribution in [2.45, 2.75) is 33.8 Å². The van der Waals surface area contributed by atoms with Gasteiger partial charge in [0.05, 0.1) is 12.7 Å². The highest BCUT2D eigenvalue weighted by Crippen LogP contribution is 2.22. The Morgan fingerprint density at radius 2 is 1.56 bits per heavy atom. The van der Waals surface area contributed by atoms with Crippen LogP contribution < -0.4 is 10.1 Å². The summed E-state index contributed by atoms with van der Waals surface area (Å²) >= 11 is 0. The topological polar surface area (TPSA) is 64.6 Å². The molecule has 0 spiro atoms. The minimum Gasteiger partial charge on any atom is -0.481 e. The second-order valence-corrected chi connectivity index (χ2v) is 6.04. The molecule has 132 valence electrons. The van der Waals surface area contributed by atoms with Gasteiger partial charge < -0.3 is 14.8 Å². The van der Waals surface area contributed by atoms with Gasteiger partial charge in [0.2, 0.25) is 0 Å². The molecule has 25 heavy (non-hydrogen) atoms. The van der Waals surface area contributed by atoms with Crippen LogP contribution >= 0.6 is 0 Å². The average molecular weight is 341 g/mol. The summed E-state index contributed by atoms with van der Waals surface area (Å²) in [6, 6.07) is 10.5. The van der Waals surface area contributed by atoms with Crippen LogP contribution in [0, 0.1) is 20.8 Å². The molecule has 5 nitrogen and oxygen atoms in total. The molecule has 1 N–H and O–H groups in total. The van der Waals surface area contributed by atoms with Gasteiger partial charge in [-0.05, 0) is 63.1 Å². The number of rotatable bonds is 5. The van der Waals surface area contributed by atoms with E-state index in [0.717, 1.165) is 22.4 Å². The first-order valence-corrected chi connectivity index (χ1v) is 8.05. The van der Waals surface area contributed by atoms with E-state index in [0.29, 0.717) is 11.3 Å². The number of methoxy groups -OCH3 is 1. The molecule has 0 fully saturated rings. The molecule has 1 atom stereocenters. The molecule has 2 aromatic rings. The number of amides is 1. The molecule has 2 rings (SSSR count). The summed E-state index contributed by atoms with van der Waals surface area (Å²) in [6.45, 7) is 7.64. The molecule has 1 amide bonds.